The molecule has 1 aliphatic rings. The molecule has 2 heteroatoms. The van der Waals surface area contributed by atoms with Gasteiger partial charge in [-0.1, -0.05) is 85.0 Å². The average Bonchev–Trinajstić information content (AvgIpc) is 2.96. The molecule has 0 saturated carbocycles. The van der Waals surface area contributed by atoms with Crippen LogP contribution in [0.5, 0.6) is 0 Å². The maximum atomic E-state index is 2.62. The summed E-state index contributed by atoms with van der Waals surface area (Å²) in [6.07, 6.45) is 24.8. The van der Waals surface area contributed by atoms with E-state index in [1.165, 1.54) is 103 Å². The SMILES string of the molecule is CCCCCCCCCCC1N(CCC)C=CN1CCCCCC. The molecule has 24 heavy (non-hydrogen) atoms. The van der Waals surface area contributed by atoms with E-state index in [1.54, 1.807) is 0 Å². The van der Waals surface area contributed by atoms with Gasteiger partial charge in [-0.2, -0.15) is 0 Å². The van der Waals surface area contributed by atoms with Crippen LogP contribution in [0.15, 0.2) is 12.4 Å². The van der Waals surface area contributed by atoms with Crippen molar-refractivity contribution >= 4 is 0 Å². The summed E-state index contributed by atoms with van der Waals surface area (Å²) in [4.78, 5) is 5.20. The van der Waals surface area contributed by atoms with Crippen LogP contribution < -0.4 is 0 Å². The summed E-state index contributed by atoms with van der Waals surface area (Å²) in [5.74, 6) is 0. The minimum absolute atomic E-state index is 0.645. The Balaban J connectivity index is 2.20. The predicted molar refractivity (Wildman–Crippen MR) is 108 cm³/mol. The van der Waals surface area contributed by atoms with Crippen LogP contribution in [0.1, 0.15) is 111 Å². The Morgan fingerprint density at radius 1 is 0.542 bits per heavy atom. The van der Waals surface area contributed by atoms with Crippen molar-refractivity contribution in [1.82, 2.24) is 9.80 Å². The van der Waals surface area contributed by atoms with Crippen LogP contribution in [0.2, 0.25) is 0 Å². The second-order valence-corrected chi connectivity index (χ2v) is 7.58. The van der Waals surface area contributed by atoms with E-state index in [2.05, 4.69) is 43.0 Å². The molecule has 0 fully saturated rings. The Labute approximate surface area is 152 Å². The van der Waals surface area contributed by atoms with E-state index in [1.807, 2.05) is 0 Å². The maximum absolute atomic E-state index is 2.62. The highest BCUT2D eigenvalue weighted by Crippen LogP contribution is 2.23. The summed E-state index contributed by atoms with van der Waals surface area (Å²) in [5, 5.41) is 0. The van der Waals surface area contributed by atoms with Gasteiger partial charge in [0, 0.05) is 25.5 Å². The smallest absolute Gasteiger partial charge is 0.101 e. The van der Waals surface area contributed by atoms with Crippen molar-refractivity contribution in [3.05, 3.63) is 12.4 Å². The number of rotatable bonds is 16. The van der Waals surface area contributed by atoms with Gasteiger partial charge in [-0.3, -0.25) is 0 Å². The number of nitrogens with zero attached hydrogens (tertiary/aromatic N) is 2. The molecular formula is C22H44N2. The predicted octanol–water partition coefficient (Wildman–Crippen LogP) is 6.92. The van der Waals surface area contributed by atoms with Crippen LogP contribution in [0.3, 0.4) is 0 Å². The largest absolute Gasteiger partial charge is 0.356 e. The Bertz CT molecular complexity index is 300. The quantitative estimate of drug-likeness (QED) is 0.282. The van der Waals surface area contributed by atoms with Gasteiger partial charge in [0.2, 0.25) is 0 Å². The van der Waals surface area contributed by atoms with E-state index in [0.29, 0.717) is 6.17 Å². The molecule has 1 unspecified atom stereocenters. The topological polar surface area (TPSA) is 6.48 Å². The van der Waals surface area contributed by atoms with Crippen molar-refractivity contribution in [1.29, 1.82) is 0 Å². The summed E-state index contributed by atoms with van der Waals surface area (Å²) in [7, 11) is 0. The Kier molecular flexibility index (Phi) is 13.1. The lowest BCUT2D eigenvalue weighted by Crippen LogP contribution is -2.39. The van der Waals surface area contributed by atoms with Crippen LogP contribution in [0.25, 0.3) is 0 Å². The highest BCUT2D eigenvalue weighted by atomic mass is 15.4. The van der Waals surface area contributed by atoms with Crippen molar-refractivity contribution in [2.75, 3.05) is 13.1 Å². The normalized spacial score (nSPS) is 17.2. The highest BCUT2D eigenvalue weighted by Gasteiger charge is 2.24. The van der Waals surface area contributed by atoms with Crippen LogP contribution in [-0.4, -0.2) is 29.1 Å². The zero-order valence-corrected chi connectivity index (χ0v) is 16.9. The fourth-order valence-electron chi connectivity index (χ4n) is 3.78. The second-order valence-electron chi connectivity index (χ2n) is 7.58. The Morgan fingerprint density at radius 3 is 1.62 bits per heavy atom. The molecule has 0 radical (unpaired) electrons. The lowest BCUT2D eigenvalue weighted by molar-refractivity contribution is 0.137. The molecule has 2 nitrogen and oxygen atoms in total. The monoisotopic (exact) mass is 336 g/mol. The molecule has 1 rings (SSSR count). The fourth-order valence-corrected chi connectivity index (χ4v) is 3.78. The van der Waals surface area contributed by atoms with Crippen LogP contribution in [0, 0.1) is 0 Å². The third-order valence-electron chi connectivity index (χ3n) is 5.28. The first-order valence-corrected chi connectivity index (χ1v) is 11.0. The third kappa shape index (κ3) is 8.99. The summed E-state index contributed by atoms with van der Waals surface area (Å²) in [5.41, 5.74) is 0. The summed E-state index contributed by atoms with van der Waals surface area (Å²) >= 11 is 0. The molecule has 0 amide bonds. The van der Waals surface area contributed by atoms with Gasteiger partial charge >= 0.3 is 0 Å². The van der Waals surface area contributed by atoms with Crippen LogP contribution in [-0.2, 0) is 0 Å². The molecular weight excluding hydrogens is 292 g/mol. The van der Waals surface area contributed by atoms with Gasteiger partial charge in [-0.25, -0.2) is 0 Å². The summed E-state index contributed by atoms with van der Waals surface area (Å²) in [6, 6.07) is 0. The van der Waals surface area contributed by atoms with Gasteiger partial charge in [0.15, 0.2) is 0 Å². The first-order chi connectivity index (χ1) is 11.8. The Morgan fingerprint density at radius 2 is 1.04 bits per heavy atom. The molecule has 1 atom stereocenters. The van der Waals surface area contributed by atoms with Gasteiger partial charge in [0.1, 0.15) is 6.17 Å². The van der Waals surface area contributed by atoms with E-state index in [-0.39, 0.29) is 0 Å². The van der Waals surface area contributed by atoms with Crippen molar-refractivity contribution < 1.29 is 0 Å². The Hall–Kier alpha value is -0.660. The van der Waals surface area contributed by atoms with Crippen molar-refractivity contribution in [3.8, 4) is 0 Å². The number of hydrogen-bond acceptors (Lipinski definition) is 2. The fraction of sp³-hybridized carbons (Fsp3) is 0.909. The molecule has 1 heterocycles. The molecule has 142 valence electrons. The molecule has 0 bridgehead atoms. The summed E-state index contributed by atoms with van der Waals surface area (Å²) < 4.78 is 0. The minimum atomic E-state index is 0.645. The molecule has 0 spiro atoms. The minimum Gasteiger partial charge on any atom is -0.356 e. The standard InChI is InChI=1S/C22H44N2/c1-4-7-9-11-12-13-14-15-17-22-23(18-6-3)20-21-24(22)19-16-10-8-5-2/h20-22H,4-19H2,1-3H3. The number of hydrogen-bond donors (Lipinski definition) is 0. The lowest BCUT2D eigenvalue weighted by atomic mass is 10.1. The highest BCUT2D eigenvalue weighted by molar-refractivity contribution is 4.96. The number of unbranched alkanes of at least 4 members (excludes halogenated alkanes) is 10. The van der Waals surface area contributed by atoms with Crippen molar-refractivity contribution in [2.45, 2.75) is 117 Å². The zero-order chi connectivity index (χ0) is 17.5. The summed E-state index contributed by atoms with van der Waals surface area (Å²) in [6.45, 7) is 9.35. The second kappa shape index (κ2) is 14.7. The van der Waals surface area contributed by atoms with Gasteiger partial charge < -0.3 is 9.80 Å². The molecule has 0 N–H and O–H groups in total. The van der Waals surface area contributed by atoms with Gasteiger partial charge in [-0.05, 0) is 25.7 Å². The molecule has 0 aliphatic carbocycles. The lowest BCUT2D eigenvalue weighted by Gasteiger charge is -2.33. The van der Waals surface area contributed by atoms with E-state index in [4.69, 9.17) is 0 Å². The van der Waals surface area contributed by atoms with Gasteiger partial charge in [0.25, 0.3) is 0 Å². The van der Waals surface area contributed by atoms with Crippen molar-refractivity contribution in [2.24, 2.45) is 0 Å². The molecule has 0 aromatic carbocycles. The zero-order valence-electron chi connectivity index (χ0n) is 16.9. The maximum Gasteiger partial charge on any atom is 0.101 e. The van der Waals surface area contributed by atoms with E-state index in [0.717, 1.165) is 0 Å². The van der Waals surface area contributed by atoms with E-state index in [9.17, 15) is 0 Å². The third-order valence-corrected chi connectivity index (χ3v) is 5.28. The van der Waals surface area contributed by atoms with Gasteiger partial charge in [0.05, 0.1) is 0 Å². The molecule has 0 saturated heterocycles. The van der Waals surface area contributed by atoms with Gasteiger partial charge in [-0.15, -0.1) is 0 Å². The van der Waals surface area contributed by atoms with Crippen LogP contribution in [0.4, 0.5) is 0 Å². The average molecular weight is 337 g/mol. The molecule has 0 aromatic heterocycles. The van der Waals surface area contributed by atoms with E-state index >= 15 is 0 Å². The molecule has 1 aliphatic heterocycles. The molecule has 0 aromatic rings. The first-order valence-electron chi connectivity index (χ1n) is 11.0. The first kappa shape index (κ1) is 21.4. The van der Waals surface area contributed by atoms with E-state index < -0.39 is 0 Å². The van der Waals surface area contributed by atoms with Crippen molar-refractivity contribution in [3.63, 3.8) is 0 Å². The van der Waals surface area contributed by atoms with Crippen LogP contribution >= 0.6 is 0 Å².